The van der Waals surface area contributed by atoms with Crippen molar-refractivity contribution in [2.24, 2.45) is 5.92 Å². The molecule has 0 bridgehead atoms. The SMILES string of the molecule is O=C1[C@H]2[C@@H](ON(c3ccccc3)[C@H]2c2ccc([N+](=O)[O-])cc2)C(=O)N1Cc1ccccc1. The number of likely N-dealkylation sites (tertiary alicyclic amines) is 1. The first-order chi connectivity index (χ1) is 15.5. The van der Waals surface area contributed by atoms with Crippen molar-refractivity contribution in [1.29, 1.82) is 0 Å². The minimum absolute atomic E-state index is 0.0463. The number of benzene rings is 3. The molecule has 0 radical (unpaired) electrons. The van der Waals surface area contributed by atoms with Crippen LogP contribution in [0.2, 0.25) is 0 Å². The average Bonchev–Trinajstić information content (AvgIpc) is 3.32. The van der Waals surface area contributed by atoms with Gasteiger partial charge in [0.25, 0.3) is 11.6 Å². The van der Waals surface area contributed by atoms with Gasteiger partial charge in [-0.3, -0.25) is 29.4 Å². The number of nitro benzene ring substituents is 1. The van der Waals surface area contributed by atoms with Crippen molar-refractivity contribution in [3.05, 3.63) is 106 Å². The fourth-order valence-corrected chi connectivity index (χ4v) is 4.32. The van der Waals surface area contributed by atoms with Gasteiger partial charge in [-0.15, -0.1) is 0 Å². The third-order valence-corrected chi connectivity index (χ3v) is 5.85. The number of rotatable bonds is 5. The summed E-state index contributed by atoms with van der Waals surface area (Å²) < 4.78 is 0. The Kier molecular flexibility index (Phi) is 4.91. The van der Waals surface area contributed by atoms with E-state index >= 15 is 0 Å². The summed E-state index contributed by atoms with van der Waals surface area (Å²) in [7, 11) is 0. The molecule has 2 saturated heterocycles. The standard InChI is InChI=1S/C24H19N3O5/c28-23-20-21(17-11-13-19(14-12-17)27(30)31)26(18-9-5-2-6-10-18)32-22(20)24(29)25(23)15-16-7-3-1-4-8-16/h1-14,20-22H,15H2/t20-,21+,22-/m1/s1. The topological polar surface area (TPSA) is 93.0 Å². The van der Waals surface area contributed by atoms with Crippen molar-refractivity contribution in [1.82, 2.24) is 4.90 Å². The second-order valence-corrected chi connectivity index (χ2v) is 7.75. The highest BCUT2D eigenvalue weighted by Gasteiger charge is 2.59. The molecule has 8 heteroatoms. The normalized spacial score (nSPS) is 22.3. The first kappa shape index (κ1) is 19.9. The number of nitrogens with zero attached hydrogens (tertiary/aromatic N) is 3. The predicted molar refractivity (Wildman–Crippen MR) is 115 cm³/mol. The number of non-ortho nitro benzene ring substituents is 1. The summed E-state index contributed by atoms with van der Waals surface area (Å²) >= 11 is 0. The van der Waals surface area contributed by atoms with Crippen LogP contribution in [0.25, 0.3) is 0 Å². The zero-order valence-corrected chi connectivity index (χ0v) is 16.9. The van der Waals surface area contributed by atoms with E-state index in [0.717, 1.165) is 5.56 Å². The summed E-state index contributed by atoms with van der Waals surface area (Å²) in [6.45, 7) is 0.174. The number of carbonyl (C=O) groups excluding carboxylic acids is 2. The lowest BCUT2D eigenvalue weighted by Gasteiger charge is -2.28. The lowest BCUT2D eigenvalue weighted by Crippen LogP contribution is -2.36. The molecule has 8 nitrogen and oxygen atoms in total. The number of para-hydroxylation sites is 1. The average molecular weight is 429 g/mol. The molecule has 2 fully saturated rings. The van der Waals surface area contributed by atoms with Gasteiger partial charge in [-0.1, -0.05) is 60.7 Å². The van der Waals surface area contributed by atoms with Gasteiger partial charge in [0.1, 0.15) is 5.92 Å². The number of hydroxylamine groups is 1. The Morgan fingerprint density at radius 1 is 0.844 bits per heavy atom. The maximum atomic E-state index is 13.4. The number of hydrogen-bond acceptors (Lipinski definition) is 6. The predicted octanol–water partition coefficient (Wildman–Crippen LogP) is 3.64. The minimum Gasteiger partial charge on any atom is -0.275 e. The summed E-state index contributed by atoms with van der Waals surface area (Å²) in [5.41, 5.74) is 2.16. The molecule has 0 aliphatic carbocycles. The number of hydrogen-bond donors (Lipinski definition) is 0. The van der Waals surface area contributed by atoms with Crippen LogP contribution >= 0.6 is 0 Å². The van der Waals surface area contributed by atoms with Crippen molar-refractivity contribution in [3.63, 3.8) is 0 Å². The molecule has 3 aromatic carbocycles. The molecule has 0 N–H and O–H groups in total. The van der Waals surface area contributed by atoms with Gasteiger partial charge in [0.2, 0.25) is 5.91 Å². The van der Waals surface area contributed by atoms with Crippen LogP contribution in [0, 0.1) is 16.0 Å². The lowest BCUT2D eigenvalue weighted by molar-refractivity contribution is -0.384. The molecule has 3 aromatic rings. The fourth-order valence-electron chi connectivity index (χ4n) is 4.32. The second kappa shape index (κ2) is 7.90. The molecule has 3 atom stereocenters. The minimum atomic E-state index is -0.952. The van der Waals surface area contributed by atoms with Crippen molar-refractivity contribution < 1.29 is 19.3 Å². The van der Waals surface area contributed by atoms with Crippen LogP contribution in [0.15, 0.2) is 84.9 Å². The molecule has 0 saturated carbocycles. The van der Waals surface area contributed by atoms with Gasteiger partial charge in [-0.25, -0.2) is 5.06 Å². The Morgan fingerprint density at radius 2 is 1.47 bits per heavy atom. The Balaban J connectivity index is 1.52. The number of anilines is 1. The monoisotopic (exact) mass is 429 g/mol. The number of fused-ring (bicyclic) bond motifs is 1. The highest BCUT2D eigenvalue weighted by molar-refractivity contribution is 6.07. The summed E-state index contributed by atoms with van der Waals surface area (Å²) in [4.78, 5) is 44.5. The molecule has 2 aliphatic rings. The Bertz CT molecular complexity index is 1170. The number of amides is 2. The van der Waals surface area contributed by atoms with E-state index < -0.39 is 23.0 Å². The lowest BCUT2D eigenvalue weighted by atomic mass is 9.90. The smallest absolute Gasteiger partial charge is 0.269 e. The van der Waals surface area contributed by atoms with E-state index in [1.165, 1.54) is 17.0 Å². The Morgan fingerprint density at radius 3 is 2.09 bits per heavy atom. The van der Waals surface area contributed by atoms with Crippen molar-refractivity contribution >= 4 is 23.2 Å². The van der Waals surface area contributed by atoms with Gasteiger partial charge >= 0.3 is 0 Å². The molecular formula is C24H19N3O5. The molecule has 2 aliphatic heterocycles. The zero-order valence-electron chi connectivity index (χ0n) is 16.9. The Labute approximate surface area is 183 Å². The summed E-state index contributed by atoms with van der Waals surface area (Å²) in [5.74, 6) is -1.45. The third kappa shape index (κ3) is 3.30. The van der Waals surface area contributed by atoms with Crippen molar-refractivity contribution in [2.75, 3.05) is 5.06 Å². The van der Waals surface area contributed by atoms with E-state index in [2.05, 4.69) is 0 Å². The molecule has 2 heterocycles. The fraction of sp³-hybridized carbons (Fsp3) is 0.167. The first-order valence-electron chi connectivity index (χ1n) is 10.2. The Hall–Kier alpha value is -4.04. The van der Waals surface area contributed by atoms with Gasteiger partial charge in [-0.05, 0) is 23.3 Å². The maximum absolute atomic E-state index is 13.4. The van der Waals surface area contributed by atoms with E-state index in [9.17, 15) is 19.7 Å². The highest BCUT2D eigenvalue weighted by atomic mass is 16.7. The van der Waals surface area contributed by atoms with E-state index in [1.54, 1.807) is 17.2 Å². The molecule has 5 rings (SSSR count). The van der Waals surface area contributed by atoms with Crippen LogP contribution < -0.4 is 5.06 Å². The molecule has 0 unspecified atom stereocenters. The summed E-state index contributed by atoms with van der Waals surface area (Å²) in [6, 6.07) is 23.9. The summed E-state index contributed by atoms with van der Waals surface area (Å²) in [6.07, 6.45) is -0.952. The third-order valence-electron chi connectivity index (χ3n) is 5.85. The molecule has 32 heavy (non-hydrogen) atoms. The molecule has 160 valence electrons. The van der Waals surface area contributed by atoms with Crippen molar-refractivity contribution in [3.8, 4) is 0 Å². The molecular weight excluding hydrogens is 410 g/mol. The van der Waals surface area contributed by atoms with Crippen LogP contribution in [0.5, 0.6) is 0 Å². The largest absolute Gasteiger partial charge is 0.275 e. The van der Waals surface area contributed by atoms with Crippen LogP contribution in [-0.4, -0.2) is 27.7 Å². The maximum Gasteiger partial charge on any atom is 0.269 e. The molecule has 0 spiro atoms. The van der Waals surface area contributed by atoms with E-state index in [-0.39, 0.29) is 24.0 Å². The van der Waals surface area contributed by atoms with Crippen LogP contribution in [0.3, 0.4) is 0 Å². The van der Waals surface area contributed by atoms with Gasteiger partial charge in [0.05, 0.1) is 23.2 Å². The number of imide groups is 1. The van der Waals surface area contributed by atoms with Gasteiger partial charge in [-0.2, -0.15) is 0 Å². The highest BCUT2D eigenvalue weighted by Crippen LogP contribution is 2.47. The molecule has 0 aromatic heterocycles. The van der Waals surface area contributed by atoms with E-state index in [1.807, 2.05) is 60.7 Å². The quantitative estimate of drug-likeness (QED) is 0.349. The van der Waals surface area contributed by atoms with Crippen LogP contribution in [-0.2, 0) is 21.0 Å². The van der Waals surface area contributed by atoms with Crippen molar-refractivity contribution in [2.45, 2.75) is 18.7 Å². The number of nitro groups is 1. The first-order valence-corrected chi connectivity index (χ1v) is 10.2. The van der Waals surface area contributed by atoms with Gasteiger partial charge < -0.3 is 0 Å². The van der Waals surface area contributed by atoms with Crippen LogP contribution in [0.1, 0.15) is 17.2 Å². The second-order valence-electron chi connectivity index (χ2n) is 7.75. The molecule has 2 amide bonds. The van der Waals surface area contributed by atoms with E-state index in [0.29, 0.717) is 11.3 Å². The number of carbonyl (C=O) groups is 2. The van der Waals surface area contributed by atoms with Gasteiger partial charge in [0.15, 0.2) is 6.10 Å². The van der Waals surface area contributed by atoms with E-state index in [4.69, 9.17) is 4.84 Å². The zero-order chi connectivity index (χ0) is 22.2. The van der Waals surface area contributed by atoms with Crippen LogP contribution in [0.4, 0.5) is 11.4 Å². The van der Waals surface area contributed by atoms with Gasteiger partial charge in [0, 0.05) is 12.1 Å². The summed E-state index contributed by atoms with van der Waals surface area (Å²) in [5, 5.41) is 12.7.